The maximum absolute atomic E-state index is 13.5. The molecule has 0 radical (unpaired) electrons. The lowest BCUT2D eigenvalue weighted by atomic mass is 9.79. The van der Waals surface area contributed by atoms with Crippen molar-refractivity contribution in [2.75, 3.05) is 50.5 Å². The van der Waals surface area contributed by atoms with Crippen molar-refractivity contribution >= 4 is 34.8 Å². The van der Waals surface area contributed by atoms with Gasteiger partial charge in [-0.15, -0.1) is 11.3 Å². The Labute approximate surface area is 226 Å². The van der Waals surface area contributed by atoms with Gasteiger partial charge in [-0.3, -0.25) is 20.4 Å². The fourth-order valence-corrected chi connectivity index (χ4v) is 5.79. The van der Waals surface area contributed by atoms with Crippen LogP contribution in [0.25, 0.3) is 10.6 Å². The highest BCUT2D eigenvalue weighted by molar-refractivity contribution is 7.13. The zero-order chi connectivity index (χ0) is 26.3. The molecular weight excluding hydrogens is 502 g/mol. The van der Waals surface area contributed by atoms with Gasteiger partial charge in [0.2, 0.25) is 5.88 Å². The number of aromatic nitrogens is 3. The van der Waals surface area contributed by atoms with Crippen molar-refractivity contribution < 1.29 is 14.3 Å². The second-order valence-electron chi connectivity index (χ2n) is 9.86. The summed E-state index contributed by atoms with van der Waals surface area (Å²) in [5, 5.41) is 11.4. The molecule has 38 heavy (non-hydrogen) atoms. The molecule has 2 fully saturated rings. The lowest BCUT2D eigenvalue weighted by molar-refractivity contribution is -0.130. The van der Waals surface area contributed by atoms with Crippen molar-refractivity contribution in [2.24, 2.45) is 17.8 Å². The summed E-state index contributed by atoms with van der Waals surface area (Å²) < 4.78 is 6.05. The normalized spacial score (nSPS) is 19.1. The Morgan fingerprint density at radius 1 is 1.11 bits per heavy atom. The fourth-order valence-electron chi connectivity index (χ4n) is 5.03. The first-order chi connectivity index (χ1) is 18.5. The van der Waals surface area contributed by atoms with Crippen LogP contribution < -0.4 is 20.7 Å². The number of anilines is 2. The molecule has 5 rings (SSSR count). The maximum atomic E-state index is 13.5. The number of Topliss-reactive ketones (excluding diaryl/α,β-unsaturated/α-hetero) is 1. The Morgan fingerprint density at radius 2 is 1.89 bits per heavy atom. The highest BCUT2D eigenvalue weighted by Crippen LogP contribution is 2.29. The number of piperidine rings is 1. The highest BCUT2D eigenvalue weighted by Gasteiger charge is 2.36. The monoisotopic (exact) mass is 535 g/mol. The van der Waals surface area contributed by atoms with Crippen molar-refractivity contribution in [3.05, 3.63) is 48.1 Å². The van der Waals surface area contributed by atoms with Crippen LogP contribution in [-0.4, -0.2) is 71.5 Å². The number of amides is 2. The van der Waals surface area contributed by atoms with E-state index in [1.807, 2.05) is 12.1 Å². The van der Waals surface area contributed by atoms with Crippen molar-refractivity contribution in [3.8, 4) is 16.5 Å². The van der Waals surface area contributed by atoms with Gasteiger partial charge in [-0.1, -0.05) is 6.07 Å². The second kappa shape index (κ2) is 12.4. The summed E-state index contributed by atoms with van der Waals surface area (Å²) >= 11 is 1.43. The van der Waals surface area contributed by atoms with Crippen LogP contribution in [0.2, 0.25) is 0 Å². The molecule has 0 saturated carbocycles. The number of nitrogens with one attached hydrogen (secondary N) is 3. The zero-order valence-corrected chi connectivity index (χ0v) is 22.2. The minimum absolute atomic E-state index is 0.0924. The van der Waals surface area contributed by atoms with Crippen molar-refractivity contribution in [2.45, 2.75) is 19.3 Å². The smallest absolute Gasteiger partial charge is 0.326 e. The van der Waals surface area contributed by atoms with Crippen molar-refractivity contribution in [3.63, 3.8) is 0 Å². The van der Waals surface area contributed by atoms with Gasteiger partial charge in [0.05, 0.1) is 12.5 Å². The van der Waals surface area contributed by atoms with Gasteiger partial charge in [0.15, 0.2) is 0 Å². The third-order valence-corrected chi connectivity index (χ3v) is 8.09. The second-order valence-corrected chi connectivity index (χ2v) is 10.7. The Kier molecular flexibility index (Phi) is 8.57. The van der Waals surface area contributed by atoms with E-state index in [1.165, 1.54) is 11.3 Å². The summed E-state index contributed by atoms with van der Waals surface area (Å²) in [6.07, 6.45) is 6.19. The number of ketones is 1. The molecule has 2 saturated heterocycles. The number of ether oxygens (including phenoxy) is 1. The molecule has 10 nitrogen and oxygen atoms in total. The highest BCUT2D eigenvalue weighted by atomic mass is 32.1. The molecule has 2 atom stereocenters. The number of carbonyl (C=O) groups is 2. The van der Waals surface area contributed by atoms with Crippen LogP contribution in [-0.2, 0) is 4.79 Å². The van der Waals surface area contributed by atoms with Gasteiger partial charge < -0.3 is 15.0 Å². The number of nitrogens with zero attached hydrogens (tertiary/aromatic N) is 4. The maximum Gasteiger partial charge on any atom is 0.326 e. The molecule has 0 spiro atoms. The summed E-state index contributed by atoms with van der Waals surface area (Å²) in [6.45, 7) is 3.96. The van der Waals surface area contributed by atoms with E-state index in [-0.39, 0.29) is 24.4 Å². The van der Waals surface area contributed by atoms with Gasteiger partial charge in [0.1, 0.15) is 22.4 Å². The van der Waals surface area contributed by atoms with Gasteiger partial charge in [-0.2, -0.15) is 4.98 Å². The van der Waals surface area contributed by atoms with E-state index in [0.717, 1.165) is 56.0 Å². The molecule has 2 amide bonds. The minimum atomic E-state index is -0.450. The first-order valence-corrected chi connectivity index (χ1v) is 13.9. The molecule has 3 aromatic heterocycles. The Hall–Kier alpha value is -3.41. The molecule has 2 aliphatic rings. The van der Waals surface area contributed by atoms with Crippen LogP contribution in [0.3, 0.4) is 0 Å². The molecule has 3 N–H and O–H groups in total. The average Bonchev–Trinajstić information content (AvgIpc) is 3.63. The predicted octanol–water partition coefficient (Wildman–Crippen LogP) is 3.76. The zero-order valence-electron chi connectivity index (χ0n) is 21.4. The van der Waals surface area contributed by atoms with E-state index < -0.39 is 6.03 Å². The Morgan fingerprint density at radius 3 is 2.66 bits per heavy atom. The molecule has 2 aliphatic heterocycles. The van der Waals surface area contributed by atoms with E-state index in [2.05, 4.69) is 42.8 Å². The number of pyridine rings is 2. The summed E-state index contributed by atoms with van der Waals surface area (Å²) in [6, 6.07) is 8.49. The summed E-state index contributed by atoms with van der Waals surface area (Å²) in [4.78, 5) is 41.2. The first-order valence-electron chi connectivity index (χ1n) is 13.0. The van der Waals surface area contributed by atoms with Crippen molar-refractivity contribution in [1.82, 2.24) is 25.2 Å². The molecule has 200 valence electrons. The van der Waals surface area contributed by atoms with Crippen LogP contribution in [0.15, 0.2) is 48.1 Å². The average molecular weight is 536 g/mol. The summed E-state index contributed by atoms with van der Waals surface area (Å²) in [5.74, 6) is 1.69. The van der Waals surface area contributed by atoms with Crippen LogP contribution in [0.4, 0.5) is 16.4 Å². The number of hydrogen-bond donors (Lipinski definition) is 3. The number of hydrogen-bond acceptors (Lipinski definition) is 9. The van der Waals surface area contributed by atoms with E-state index in [4.69, 9.17) is 4.74 Å². The quantitative estimate of drug-likeness (QED) is 0.379. The van der Waals surface area contributed by atoms with E-state index in [9.17, 15) is 9.59 Å². The summed E-state index contributed by atoms with van der Waals surface area (Å²) in [5.41, 5.74) is 0.936. The van der Waals surface area contributed by atoms with Gasteiger partial charge >= 0.3 is 6.03 Å². The van der Waals surface area contributed by atoms with Gasteiger partial charge in [-0.25, -0.2) is 9.78 Å². The van der Waals surface area contributed by atoms with Gasteiger partial charge in [-0.05, 0) is 76.6 Å². The standard InChI is InChI=1S/C27H33N7O3S/c1-34-13-8-18(9-14-34)25(35)21(20-7-12-29-15-20)16-37-24-4-2-3-22(30-24)32-27(36)33-23-17-38-26(31-23)19-5-10-28-11-6-19/h2-6,10-11,17-18,20-21,29H,7-9,12-16H2,1H3,(H2,30,32,33,36). The van der Waals surface area contributed by atoms with E-state index in [0.29, 0.717) is 23.3 Å². The number of rotatable bonds is 9. The van der Waals surface area contributed by atoms with E-state index >= 15 is 0 Å². The number of thiazole rings is 1. The lowest BCUT2D eigenvalue weighted by Gasteiger charge is -2.32. The molecule has 0 aliphatic carbocycles. The molecule has 3 aromatic rings. The van der Waals surface area contributed by atoms with E-state index in [1.54, 1.807) is 36.0 Å². The summed E-state index contributed by atoms with van der Waals surface area (Å²) in [7, 11) is 2.10. The molecular formula is C27H33N7O3S. The third-order valence-electron chi connectivity index (χ3n) is 7.20. The topological polar surface area (TPSA) is 121 Å². The lowest BCUT2D eigenvalue weighted by Crippen LogP contribution is -2.40. The van der Waals surface area contributed by atoms with Crippen LogP contribution >= 0.6 is 11.3 Å². The number of likely N-dealkylation sites (tertiary alicyclic amines) is 1. The molecule has 0 aromatic carbocycles. The van der Waals surface area contributed by atoms with Crippen molar-refractivity contribution in [1.29, 1.82) is 0 Å². The predicted molar refractivity (Wildman–Crippen MR) is 147 cm³/mol. The number of urea groups is 1. The molecule has 5 heterocycles. The minimum Gasteiger partial charge on any atom is -0.477 e. The Balaban J connectivity index is 1.18. The molecule has 11 heteroatoms. The molecule has 2 unspecified atom stereocenters. The van der Waals surface area contributed by atoms with Gasteiger partial charge in [0, 0.05) is 35.3 Å². The van der Waals surface area contributed by atoms with Crippen LogP contribution in [0, 0.1) is 17.8 Å². The Bertz CT molecular complexity index is 1220. The SMILES string of the molecule is CN1CCC(C(=O)C(COc2cccc(NC(=O)Nc3csc(-c4ccncc4)n3)n2)C2CCNC2)CC1. The van der Waals surface area contributed by atoms with Crippen LogP contribution in [0.5, 0.6) is 5.88 Å². The number of carbonyl (C=O) groups excluding carboxylic acids is 2. The van der Waals surface area contributed by atoms with Crippen LogP contribution in [0.1, 0.15) is 19.3 Å². The van der Waals surface area contributed by atoms with Gasteiger partial charge in [0.25, 0.3) is 0 Å². The first kappa shape index (κ1) is 26.2. The fraction of sp³-hybridized carbons (Fsp3) is 0.444. The molecule has 0 bridgehead atoms. The largest absolute Gasteiger partial charge is 0.477 e. The third kappa shape index (κ3) is 6.72.